The molecule has 1 aromatic carbocycles. The maximum absolute atomic E-state index is 12.2. The van der Waals surface area contributed by atoms with Crippen LogP contribution in [0.1, 0.15) is 15.9 Å². The Kier molecular flexibility index (Phi) is 4.57. The average molecular weight is 311 g/mol. The molecule has 1 aromatic heterocycles. The number of carbonyl (C=O) groups excluding carboxylic acids is 1. The van der Waals surface area contributed by atoms with Crippen molar-refractivity contribution in [3.05, 3.63) is 40.5 Å². The number of benzene rings is 1. The predicted molar refractivity (Wildman–Crippen MR) is 82.0 cm³/mol. The third-order valence-corrected chi connectivity index (χ3v) is 3.98. The largest absolute Gasteiger partial charge is 0.384 e. The third kappa shape index (κ3) is 3.08. The van der Waals surface area contributed by atoms with Crippen molar-refractivity contribution in [1.82, 2.24) is 15.1 Å². The van der Waals surface area contributed by atoms with Crippen LogP contribution in [0.4, 0.5) is 5.82 Å². The molecule has 2 aromatic rings. The smallest absolute Gasteiger partial charge is 0.253 e. The van der Waals surface area contributed by atoms with E-state index in [4.69, 9.17) is 17.3 Å². The highest BCUT2D eigenvalue weighted by molar-refractivity contribution is 7.98. The maximum atomic E-state index is 12.2. The van der Waals surface area contributed by atoms with Gasteiger partial charge >= 0.3 is 0 Å². The van der Waals surface area contributed by atoms with Crippen molar-refractivity contribution in [2.24, 2.45) is 7.05 Å². The van der Waals surface area contributed by atoms with E-state index >= 15 is 0 Å². The minimum absolute atomic E-state index is 0.228. The number of nitrogen functional groups attached to an aromatic ring is 1. The molecule has 0 atom stereocenters. The highest BCUT2D eigenvalue weighted by atomic mass is 35.5. The van der Waals surface area contributed by atoms with Gasteiger partial charge in [-0.05, 0) is 24.5 Å². The summed E-state index contributed by atoms with van der Waals surface area (Å²) in [5.74, 6) is 0.309. The number of anilines is 1. The van der Waals surface area contributed by atoms with E-state index in [0.717, 1.165) is 10.5 Å². The summed E-state index contributed by atoms with van der Waals surface area (Å²) < 4.78 is 1.56. The second-order valence-corrected chi connectivity index (χ2v) is 5.49. The van der Waals surface area contributed by atoms with E-state index in [1.54, 1.807) is 41.8 Å². The van der Waals surface area contributed by atoms with Gasteiger partial charge in [-0.25, -0.2) is 0 Å². The van der Waals surface area contributed by atoms with Crippen molar-refractivity contribution in [3.8, 4) is 0 Å². The van der Waals surface area contributed by atoms with Crippen molar-refractivity contribution in [1.29, 1.82) is 0 Å². The third-order valence-electron chi connectivity index (χ3n) is 2.92. The zero-order valence-electron chi connectivity index (χ0n) is 11.2. The van der Waals surface area contributed by atoms with E-state index in [1.165, 1.54) is 0 Å². The lowest BCUT2D eigenvalue weighted by Gasteiger charge is -2.08. The van der Waals surface area contributed by atoms with Gasteiger partial charge in [0.1, 0.15) is 5.82 Å². The van der Waals surface area contributed by atoms with Crippen LogP contribution in [-0.4, -0.2) is 21.9 Å². The molecule has 0 unspecified atom stereocenters. The first-order chi connectivity index (χ1) is 9.52. The number of nitrogens with one attached hydrogen (secondary N) is 1. The molecule has 1 amide bonds. The molecule has 7 heteroatoms. The molecule has 106 valence electrons. The van der Waals surface area contributed by atoms with Crippen molar-refractivity contribution in [3.63, 3.8) is 0 Å². The Labute approximate surface area is 126 Å². The molecule has 0 bridgehead atoms. The number of aryl methyl sites for hydroxylation is 1. The lowest BCUT2D eigenvalue weighted by Crippen LogP contribution is -2.23. The number of amides is 1. The van der Waals surface area contributed by atoms with Gasteiger partial charge < -0.3 is 11.1 Å². The first-order valence-corrected chi connectivity index (χ1v) is 7.51. The quantitative estimate of drug-likeness (QED) is 0.850. The summed E-state index contributed by atoms with van der Waals surface area (Å²) in [6.07, 6.45) is 3.58. The Morgan fingerprint density at radius 2 is 2.30 bits per heavy atom. The minimum Gasteiger partial charge on any atom is -0.384 e. The van der Waals surface area contributed by atoms with E-state index in [1.807, 2.05) is 12.3 Å². The molecule has 0 saturated heterocycles. The summed E-state index contributed by atoms with van der Waals surface area (Å²) in [5.41, 5.74) is 7.06. The second-order valence-electron chi connectivity index (χ2n) is 4.21. The van der Waals surface area contributed by atoms with Crippen LogP contribution in [-0.2, 0) is 13.6 Å². The zero-order chi connectivity index (χ0) is 14.7. The van der Waals surface area contributed by atoms with Gasteiger partial charge in [-0.2, -0.15) is 5.10 Å². The number of rotatable bonds is 4. The van der Waals surface area contributed by atoms with Crippen LogP contribution >= 0.6 is 23.4 Å². The molecule has 20 heavy (non-hydrogen) atoms. The second kappa shape index (κ2) is 6.19. The summed E-state index contributed by atoms with van der Waals surface area (Å²) in [7, 11) is 1.75. The lowest BCUT2D eigenvalue weighted by molar-refractivity contribution is 0.0951. The van der Waals surface area contributed by atoms with Gasteiger partial charge in [-0.15, -0.1) is 11.8 Å². The van der Waals surface area contributed by atoms with Crippen molar-refractivity contribution < 1.29 is 4.79 Å². The van der Waals surface area contributed by atoms with Crippen LogP contribution in [0.25, 0.3) is 0 Å². The monoisotopic (exact) mass is 310 g/mol. The topological polar surface area (TPSA) is 72.9 Å². The zero-order valence-corrected chi connectivity index (χ0v) is 12.8. The number of hydrogen-bond donors (Lipinski definition) is 2. The van der Waals surface area contributed by atoms with E-state index < -0.39 is 0 Å². The first-order valence-electron chi connectivity index (χ1n) is 5.91. The van der Waals surface area contributed by atoms with Gasteiger partial charge in [0.25, 0.3) is 5.91 Å². The molecule has 5 nitrogen and oxygen atoms in total. The van der Waals surface area contributed by atoms with Gasteiger partial charge in [-0.1, -0.05) is 11.6 Å². The normalized spacial score (nSPS) is 10.6. The molecule has 1 heterocycles. The molecule has 0 fully saturated rings. The summed E-state index contributed by atoms with van der Waals surface area (Å²) >= 11 is 7.61. The molecule has 0 aliphatic rings. The fraction of sp³-hybridized carbons (Fsp3) is 0.231. The first kappa shape index (κ1) is 14.7. The average Bonchev–Trinajstić information content (AvgIpc) is 2.77. The Morgan fingerprint density at radius 1 is 1.55 bits per heavy atom. The summed E-state index contributed by atoms with van der Waals surface area (Å²) in [4.78, 5) is 13.1. The van der Waals surface area contributed by atoms with E-state index in [9.17, 15) is 4.79 Å². The number of halogens is 1. The fourth-order valence-electron chi connectivity index (χ4n) is 1.70. The van der Waals surface area contributed by atoms with Gasteiger partial charge in [0.2, 0.25) is 0 Å². The van der Waals surface area contributed by atoms with Gasteiger partial charge in [0, 0.05) is 24.1 Å². The highest BCUT2D eigenvalue weighted by Crippen LogP contribution is 2.23. The molecule has 0 radical (unpaired) electrons. The molecule has 0 aliphatic carbocycles. The van der Waals surface area contributed by atoms with Gasteiger partial charge in [0.05, 0.1) is 16.8 Å². The molecular formula is C13H15ClN4OS. The molecular weight excluding hydrogens is 296 g/mol. The van der Waals surface area contributed by atoms with Gasteiger partial charge in [-0.3, -0.25) is 9.48 Å². The summed E-state index contributed by atoms with van der Waals surface area (Å²) in [6, 6.07) is 5.37. The fourth-order valence-corrected chi connectivity index (χ4v) is 2.35. The van der Waals surface area contributed by atoms with Crippen molar-refractivity contribution in [2.75, 3.05) is 12.0 Å². The van der Waals surface area contributed by atoms with Gasteiger partial charge in [0.15, 0.2) is 0 Å². The molecule has 3 N–H and O–H groups in total. The SMILES string of the molecule is CSc1ccc(Cl)c(C(=O)NCc2cnn(C)c2N)c1. The van der Waals surface area contributed by atoms with E-state index in [-0.39, 0.29) is 5.91 Å². The number of hydrogen-bond acceptors (Lipinski definition) is 4. The molecule has 0 saturated carbocycles. The van der Waals surface area contributed by atoms with Crippen LogP contribution in [0.3, 0.4) is 0 Å². The van der Waals surface area contributed by atoms with Crippen LogP contribution in [0.15, 0.2) is 29.3 Å². The Balaban J connectivity index is 2.10. The number of aromatic nitrogens is 2. The summed E-state index contributed by atoms with van der Waals surface area (Å²) in [5, 5.41) is 7.25. The van der Waals surface area contributed by atoms with Crippen LogP contribution < -0.4 is 11.1 Å². The molecule has 2 rings (SSSR count). The molecule has 0 aliphatic heterocycles. The van der Waals surface area contributed by atoms with E-state index in [2.05, 4.69) is 10.4 Å². The maximum Gasteiger partial charge on any atom is 0.253 e. The van der Waals surface area contributed by atoms with Crippen molar-refractivity contribution >= 4 is 35.1 Å². The van der Waals surface area contributed by atoms with E-state index in [0.29, 0.717) is 22.9 Å². The van der Waals surface area contributed by atoms with Crippen LogP contribution in [0.2, 0.25) is 5.02 Å². The Morgan fingerprint density at radius 3 is 2.90 bits per heavy atom. The number of carbonyl (C=O) groups is 1. The minimum atomic E-state index is -0.228. The molecule has 0 spiro atoms. The van der Waals surface area contributed by atoms with Crippen molar-refractivity contribution in [2.45, 2.75) is 11.4 Å². The predicted octanol–water partition coefficient (Wildman–Crippen LogP) is 2.31. The number of nitrogens with zero attached hydrogens (tertiary/aromatic N) is 2. The Hall–Kier alpha value is -1.66. The number of thioether (sulfide) groups is 1. The standard InChI is InChI=1S/C13H15ClN4OS/c1-18-12(15)8(7-17-18)6-16-13(19)10-5-9(20-2)3-4-11(10)14/h3-5,7H,6,15H2,1-2H3,(H,16,19). The number of nitrogens with two attached hydrogens (primary N) is 1. The van der Waals surface area contributed by atoms with Crippen LogP contribution in [0, 0.1) is 0 Å². The Bertz CT molecular complexity index is 641. The van der Waals surface area contributed by atoms with Crippen LogP contribution in [0.5, 0.6) is 0 Å². The summed E-state index contributed by atoms with van der Waals surface area (Å²) in [6.45, 7) is 0.318. The lowest BCUT2D eigenvalue weighted by atomic mass is 10.2. The highest BCUT2D eigenvalue weighted by Gasteiger charge is 2.12.